The fraction of sp³-hybridized carbons (Fsp3) is 0.462. The minimum Gasteiger partial charge on any atom is -0.326 e. The number of carbonyl (C=O) groups excluding carboxylic acids is 1. The van der Waals surface area contributed by atoms with Crippen molar-refractivity contribution in [2.75, 3.05) is 23.4 Å². The predicted octanol–water partition coefficient (Wildman–Crippen LogP) is 2.36. The van der Waals surface area contributed by atoms with Gasteiger partial charge in [-0.15, -0.1) is 12.4 Å². The molecule has 2 rings (SSSR count). The number of carbonyl (C=O) groups is 1. The predicted molar refractivity (Wildman–Crippen MR) is 87.4 cm³/mol. The molecule has 1 aliphatic heterocycles. The van der Waals surface area contributed by atoms with Crippen LogP contribution in [-0.2, 0) is 4.79 Å². The minimum atomic E-state index is -0.464. The SMILES string of the molecule is Cc1ccc([N+](=O)[O-])cc1NC(=O)CC1CSCCN1.Cl. The van der Waals surface area contributed by atoms with Crippen molar-refractivity contribution < 1.29 is 9.72 Å². The molecule has 1 atom stereocenters. The second kappa shape index (κ2) is 8.21. The van der Waals surface area contributed by atoms with Crippen molar-refractivity contribution in [1.29, 1.82) is 0 Å². The normalized spacial score (nSPS) is 17.7. The molecular weight excluding hydrogens is 314 g/mol. The summed E-state index contributed by atoms with van der Waals surface area (Å²) >= 11 is 1.83. The van der Waals surface area contributed by atoms with Crippen molar-refractivity contribution in [2.24, 2.45) is 0 Å². The molecule has 8 heteroatoms. The largest absolute Gasteiger partial charge is 0.326 e. The van der Waals surface area contributed by atoms with Crippen LogP contribution in [0, 0.1) is 17.0 Å². The Kier molecular flexibility index (Phi) is 6.94. The average Bonchev–Trinajstić information content (AvgIpc) is 2.42. The summed E-state index contributed by atoms with van der Waals surface area (Å²) in [5.74, 6) is 1.87. The molecule has 0 aliphatic carbocycles. The van der Waals surface area contributed by atoms with E-state index in [1.54, 1.807) is 6.07 Å². The van der Waals surface area contributed by atoms with E-state index in [9.17, 15) is 14.9 Å². The Hall–Kier alpha value is -1.31. The Morgan fingerprint density at radius 1 is 1.57 bits per heavy atom. The van der Waals surface area contributed by atoms with E-state index >= 15 is 0 Å². The highest BCUT2D eigenvalue weighted by atomic mass is 35.5. The topological polar surface area (TPSA) is 84.3 Å². The fourth-order valence-electron chi connectivity index (χ4n) is 2.03. The van der Waals surface area contributed by atoms with Crippen LogP contribution in [0.25, 0.3) is 0 Å². The molecule has 1 amide bonds. The standard InChI is InChI=1S/C13H17N3O3S.ClH/c1-9-2-3-11(16(18)19)7-12(9)15-13(17)6-10-8-20-5-4-14-10;/h2-3,7,10,14H,4-6,8H2,1H3,(H,15,17);1H. The van der Waals surface area contributed by atoms with Crippen LogP contribution in [0.5, 0.6) is 0 Å². The Labute approximate surface area is 133 Å². The first-order valence-corrected chi connectivity index (χ1v) is 7.58. The van der Waals surface area contributed by atoms with Crippen LogP contribution in [0.15, 0.2) is 18.2 Å². The van der Waals surface area contributed by atoms with Crippen molar-refractivity contribution >= 4 is 41.5 Å². The highest BCUT2D eigenvalue weighted by Crippen LogP contribution is 2.22. The number of amides is 1. The molecule has 1 fully saturated rings. The molecule has 0 bridgehead atoms. The molecular formula is C13H18ClN3O3S. The van der Waals surface area contributed by atoms with E-state index < -0.39 is 4.92 Å². The number of hydrogen-bond donors (Lipinski definition) is 2. The second-order valence-corrected chi connectivity index (χ2v) is 5.88. The highest BCUT2D eigenvalue weighted by Gasteiger charge is 2.18. The first kappa shape index (κ1) is 17.7. The Morgan fingerprint density at radius 2 is 2.33 bits per heavy atom. The summed E-state index contributed by atoms with van der Waals surface area (Å²) in [6.45, 7) is 2.73. The third kappa shape index (κ3) is 5.18. The van der Waals surface area contributed by atoms with Gasteiger partial charge in [0.15, 0.2) is 0 Å². The minimum absolute atomic E-state index is 0. The third-order valence-corrected chi connectivity index (χ3v) is 4.27. The third-order valence-electron chi connectivity index (χ3n) is 3.14. The molecule has 21 heavy (non-hydrogen) atoms. The quantitative estimate of drug-likeness (QED) is 0.653. The summed E-state index contributed by atoms with van der Waals surface area (Å²) < 4.78 is 0. The number of hydrogen-bond acceptors (Lipinski definition) is 5. The van der Waals surface area contributed by atoms with Gasteiger partial charge in [-0.05, 0) is 12.5 Å². The molecule has 2 N–H and O–H groups in total. The molecule has 0 radical (unpaired) electrons. The lowest BCUT2D eigenvalue weighted by Crippen LogP contribution is -2.39. The van der Waals surface area contributed by atoms with Crippen molar-refractivity contribution in [3.8, 4) is 0 Å². The lowest BCUT2D eigenvalue weighted by molar-refractivity contribution is -0.384. The number of thioether (sulfide) groups is 1. The molecule has 1 saturated heterocycles. The molecule has 1 heterocycles. The molecule has 0 spiro atoms. The molecule has 1 unspecified atom stereocenters. The van der Waals surface area contributed by atoms with Crippen molar-refractivity contribution in [3.63, 3.8) is 0 Å². The summed E-state index contributed by atoms with van der Waals surface area (Å²) in [5, 5.41) is 16.8. The smallest absolute Gasteiger partial charge is 0.271 e. The maximum Gasteiger partial charge on any atom is 0.271 e. The van der Waals surface area contributed by atoms with Gasteiger partial charge in [-0.25, -0.2) is 0 Å². The summed E-state index contributed by atoms with van der Waals surface area (Å²) in [6.07, 6.45) is 0.384. The van der Waals surface area contributed by atoms with Crippen molar-refractivity contribution in [2.45, 2.75) is 19.4 Å². The number of nitro groups is 1. The summed E-state index contributed by atoms with van der Waals surface area (Å²) in [6, 6.07) is 4.65. The van der Waals surface area contributed by atoms with Gasteiger partial charge in [0.25, 0.3) is 5.69 Å². The molecule has 1 aromatic carbocycles. The number of non-ortho nitro benzene ring substituents is 1. The number of anilines is 1. The number of nitro benzene ring substituents is 1. The van der Waals surface area contributed by atoms with Gasteiger partial charge in [-0.1, -0.05) is 6.07 Å². The lowest BCUT2D eigenvalue weighted by atomic mass is 10.1. The first-order chi connectivity index (χ1) is 9.56. The monoisotopic (exact) mass is 331 g/mol. The van der Waals surface area contributed by atoms with Crippen LogP contribution in [0.1, 0.15) is 12.0 Å². The van der Waals surface area contributed by atoms with Gasteiger partial charge >= 0.3 is 0 Å². The Bertz CT molecular complexity index is 521. The summed E-state index contributed by atoms with van der Waals surface area (Å²) in [4.78, 5) is 22.3. The van der Waals surface area contributed by atoms with Gasteiger partial charge in [0.2, 0.25) is 5.91 Å². The Morgan fingerprint density at radius 3 is 2.95 bits per heavy atom. The summed E-state index contributed by atoms with van der Waals surface area (Å²) in [5.41, 5.74) is 1.31. The number of halogens is 1. The van der Waals surface area contributed by atoms with Crippen LogP contribution in [0.3, 0.4) is 0 Å². The van der Waals surface area contributed by atoms with E-state index in [0.717, 1.165) is 23.6 Å². The van der Waals surface area contributed by atoms with Crippen LogP contribution < -0.4 is 10.6 Å². The molecule has 0 saturated carbocycles. The van der Waals surface area contributed by atoms with Gasteiger partial charge in [0.1, 0.15) is 0 Å². The Balaban J connectivity index is 0.00000220. The van der Waals surface area contributed by atoms with Crippen LogP contribution >= 0.6 is 24.2 Å². The van der Waals surface area contributed by atoms with E-state index in [1.807, 2.05) is 18.7 Å². The second-order valence-electron chi connectivity index (χ2n) is 4.73. The zero-order valence-electron chi connectivity index (χ0n) is 11.6. The van der Waals surface area contributed by atoms with Crippen molar-refractivity contribution in [1.82, 2.24) is 5.32 Å². The van der Waals surface area contributed by atoms with Gasteiger partial charge in [0.05, 0.1) is 10.6 Å². The van der Waals surface area contributed by atoms with Crippen LogP contribution in [0.4, 0.5) is 11.4 Å². The van der Waals surface area contributed by atoms with Gasteiger partial charge < -0.3 is 10.6 Å². The summed E-state index contributed by atoms with van der Waals surface area (Å²) in [7, 11) is 0. The fourth-order valence-corrected chi connectivity index (χ4v) is 2.98. The van der Waals surface area contributed by atoms with Crippen LogP contribution in [-0.4, -0.2) is 34.9 Å². The molecule has 1 aromatic rings. The molecule has 0 aromatic heterocycles. The van der Waals surface area contributed by atoms with Gasteiger partial charge in [0, 0.05) is 42.6 Å². The zero-order valence-corrected chi connectivity index (χ0v) is 13.3. The first-order valence-electron chi connectivity index (χ1n) is 6.42. The number of nitrogens with one attached hydrogen (secondary N) is 2. The van der Waals surface area contributed by atoms with Gasteiger partial charge in [-0.2, -0.15) is 11.8 Å². The number of nitrogens with zero attached hydrogens (tertiary/aromatic N) is 1. The number of aryl methyl sites for hydroxylation is 1. The lowest BCUT2D eigenvalue weighted by Gasteiger charge is -2.22. The molecule has 116 valence electrons. The van der Waals surface area contributed by atoms with E-state index in [1.165, 1.54) is 12.1 Å². The van der Waals surface area contributed by atoms with E-state index in [4.69, 9.17) is 0 Å². The van der Waals surface area contributed by atoms with Gasteiger partial charge in [-0.3, -0.25) is 14.9 Å². The van der Waals surface area contributed by atoms with Crippen LogP contribution in [0.2, 0.25) is 0 Å². The maximum absolute atomic E-state index is 12.0. The van der Waals surface area contributed by atoms with Crippen molar-refractivity contribution in [3.05, 3.63) is 33.9 Å². The maximum atomic E-state index is 12.0. The average molecular weight is 332 g/mol. The van der Waals surface area contributed by atoms with E-state index in [0.29, 0.717) is 12.1 Å². The number of benzene rings is 1. The molecule has 1 aliphatic rings. The highest BCUT2D eigenvalue weighted by molar-refractivity contribution is 7.99. The zero-order chi connectivity index (χ0) is 14.5. The van der Waals surface area contributed by atoms with E-state index in [-0.39, 0.29) is 30.0 Å². The number of rotatable bonds is 4. The molecule has 6 nitrogen and oxygen atoms in total. The van der Waals surface area contributed by atoms with E-state index in [2.05, 4.69) is 10.6 Å².